The quantitative estimate of drug-likeness (QED) is 0.342. The summed E-state index contributed by atoms with van der Waals surface area (Å²) < 4.78 is 0. The number of benzene rings is 3. The second-order valence-electron chi connectivity index (χ2n) is 8.62. The average Bonchev–Trinajstić information content (AvgIpc) is 2.84. The number of non-ortho nitro benzene ring substituents is 1. The van der Waals surface area contributed by atoms with Crippen LogP contribution in [0.3, 0.4) is 0 Å². The summed E-state index contributed by atoms with van der Waals surface area (Å²) in [5, 5.41) is 10.9. The van der Waals surface area contributed by atoms with E-state index in [0.717, 1.165) is 57.5 Å². The normalized spacial score (nSPS) is 15.2. The summed E-state index contributed by atoms with van der Waals surface area (Å²) >= 11 is 0. The Balaban J connectivity index is 1.35. The van der Waals surface area contributed by atoms with E-state index < -0.39 is 0 Å². The van der Waals surface area contributed by atoms with E-state index in [4.69, 9.17) is 0 Å². The lowest BCUT2D eigenvalue weighted by Gasteiger charge is -2.39. The van der Waals surface area contributed by atoms with Gasteiger partial charge in [0.05, 0.1) is 4.92 Å². The third-order valence-corrected chi connectivity index (χ3v) is 6.39. The summed E-state index contributed by atoms with van der Waals surface area (Å²) in [7, 11) is 0. The Morgan fingerprint density at radius 2 is 1.41 bits per heavy atom. The lowest BCUT2D eigenvalue weighted by molar-refractivity contribution is -0.384. The highest BCUT2D eigenvalue weighted by Crippen LogP contribution is 2.22. The topological polar surface area (TPSA) is 49.6 Å². The molecule has 166 valence electrons. The third kappa shape index (κ3) is 6.25. The van der Waals surface area contributed by atoms with Gasteiger partial charge in [-0.2, -0.15) is 0 Å². The lowest BCUT2D eigenvalue weighted by atomic mass is 10.0. The van der Waals surface area contributed by atoms with E-state index in [1.54, 1.807) is 12.1 Å². The standard InChI is InChI=1S/C27H31N3O2/c31-30(32)27-13-11-25(12-14-27)21-28-18-16-26(17-19-28)29(22-24-9-5-2-6-10-24)20-15-23-7-3-1-4-8-23/h1-14,26H,15-22H2. The first-order valence-electron chi connectivity index (χ1n) is 11.4. The maximum Gasteiger partial charge on any atom is 0.269 e. The van der Waals surface area contributed by atoms with Crippen LogP contribution in [0.1, 0.15) is 29.5 Å². The van der Waals surface area contributed by atoms with Crippen molar-refractivity contribution in [1.29, 1.82) is 0 Å². The molecule has 5 heteroatoms. The zero-order valence-corrected chi connectivity index (χ0v) is 18.5. The minimum atomic E-state index is -0.341. The Bertz CT molecular complexity index is 969. The molecule has 0 aromatic heterocycles. The lowest BCUT2D eigenvalue weighted by Crippen LogP contribution is -2.45. The summed E-state index contributed by atoms with van der Waals surface area (Å²) in [6.45, 7) is 5.01. The van der Waals surface area contributed by atoms with Gasteiger partial charge in [-0.25, -0.2) is 0 Å². The number of nitro groups is 1. The van der Waals surface area contributed by atoms with Crippen LogP contribution in [0.2, 0.25) is 0 Å². The van der Waals surface area contributed by atoms with Crippen molar-refractivity contribution in [1.82, 2.24) is 9.80 Å². The summed E-state index contributed by atoms with van der Waals surface area (Å²) in [6, 6.07) is 29.1. The monoisotopic (exact) mass is 429 g/mol. The Morgan fingerprint density at radius 1 is 0.812 bits per heavy atom. The Morgan fingerprint density at radius 3 is 2.00 bits per heavy atom. The van der Waals surface area contributed by atoms with Crippen molar-refractivity contribution in [3.63, 3.8) is 0 Å². The molecule has 3 aromatic carbocycles. The number of likely N-dealkylation sites (tertiary alicyclic amines) is 1. The van der Waals surface area contributed by atoms with Crippen molar-refractivity contribution < 1.29 is 4.92 Å². The van der Waals surface area contributed by atoms with Crippen LogP contribution < -0.4 is 0 Å². The summed E-state index contributed by atoms with van der Waals surface area (Å²) in [5.74, 6) is 0. The molecule has 0 amide bonds. The molecule has 1 aliphatic heterocycles. The predicted octanol–water partition coefficient (Wildman–Crippen LogP) is 5.30. The van der Waals surface area contributed by atoms with Crippen molar-refractivity contribution in [2.24, 2.45) is 0 Å². The van der Waals surface area contributed by atoms with Crippen LogP contribution in [-0.2, 0) is 19.5 Å². The van der Waals surface area contributed by atoms with Crippen LogP contribution in [0, 0.1) is 10.1 Å². The Kier molecular flexibility index (Phi) is 7.64. The summed E-state index contributed by atoms with van der Waals surface area (Å²) in [5.41, 5.74) is 4.05. The molecule has 0 radical (unpaired) electrons. The molecule has 0 atom stereocenters. The SMILES string of the molecule is O=[N+]([O-])c1ccc(CN2CCC(N(CCc3ccccc3)Cc3ccccc3)CC2)cc1. The maximum atomic E-state index is 10.9. The largest absolute Gasteiger partial charge is 0.299 e. The van der Waals surface area contributed by atoms with Gasteiger partial charge in [-0.05, 0) is 49.0 Å². The van der Waals surface area contributed by atoms with Crippen LogP contribution in [0.15, 0.2) is 84.9 Å². The van der Waals surface area contributed by atoms with Gasteiger partial charge in [-0.1, -0.05) is 72.8 Å². The molecular formula is C27H31N3O2. The zero-order valence-electron chi connectivity index (χ0n) is 18.5. The van der Waals surface area contributed by atoms with Gasteiger partial charge in [0.15, 0.2) is 0 Å². The maximum absolute atomic E-state index is 10.9. The second-order valence-corrected chi connectivity index (χ2v) is 8.62. The fourth-order valence-electron chi connectivity index (χ4n) is 4.55. The first kappa shape index (κ1) is 22.2. The number of hydrogen-bond acceptors (Lipinski definition) is 4. The summed E-state index contributed by atoms with van der Waals surface area (Å²) in [4.78, 5) is 15.7. The highest BCUT2D eigenvalue weighted by Gasteiger charge is 2.24. The highest BCUT2D eigenvalue weighted by atomic mass is 16.6. The fourth-order valence-corrected chi connectivity index (χ4v) is 4.55. The van der Waals surface area contributed by atoms with Gasteiger partial charge in [0.2, 0.25) is 0 Å². The first-order chi connectivity index (χ1) is 15.7. The predicted molar refractivity (Wildman–Crippen MR) is 128 cm³/mol. The van der Waals surface area contributed by atoms with E-state index in [-0.39, 0.29) is 10.6 Å². The van der Waals surface area contributed by atoms with Crippen molar-refractivity contribution in [2.45, 2.75) is 38.4 Å². The van der Waals surface area contributed by atoms with Crippen molar-refractivity contribution in [3.8, 4) is 0 Å². The minimum Gasteiger partial charge on any atom is -0.299 e. The van der Waals surface area contributed by atoms with E-state index in [1.807, 2.05) is 12.1 Å². The molecule has 5 nitrogen and oxygen atoms in total. The van der Waals surface area contributed by atoms with Crippen molar-refractivity contribution in [3.05, 3.63) is 112 Å². The molecule has 0 aliphatic carbocycles. The molecule has 0 saturated carbocycles. The fraction of sp³-hybridized carbons (Fsp3) is 0.333. The molecule has 0 bridgehead atoms. The highest BCUT2D eigenvalue weighted by molar-refractivity contribution is 5.32. The average molecular weight is 430 g/mol. The van der Waals surface area contributed by atoms with Gasteiger partial charge >= 0.3 is 0 Å². The zero-order chi connectivity index (χ0) is 22.2. The van der Waals surface area contributed by atoms with E-state index in [1.165, 1.54) is 11.1 Å². The molecule has 0 N–H and O–H groups in total. The van der Waals surface area contributed by atoms with Gasteiger partial charge in [-0.3, -0.25) is 19.9 Å². The molecule has 1 fully saturated rings. The Labute approximate surface area is 190 Å². The molecule has 1 aliphatic rings. The number of rotatable bonds is 9. The van der Waals surface area contributed by atoms with Gasteiger partial charge in [0.25, 0.3) is 5.69 Å². The van der Waals surface area contributed by atoms with Crippen LogP contribution in [-0.4, -0.2) is 40.4 Å². The number of piperidine rings is 1. The van der Waals surface area contributed by atoms with E-state index >= 15 is 0 Å². The summed E-state index contributed by atoms with van der Waals surface area (Å²) in [6.07, 6.45) is 3.36. The minimum absolute atomic E-state index is 0.155. The first-order valence-corrected chi connectivity index (χ1v) is 11.4. The van der Waals surface area contributed by atoms with E-state index in [2.05, 4.69) is 70.5 Å². The van der Waals surface area contributed by atoms with Gasteiger partial charge in [0.1, 0.15) is 0 Å². The van der Waals surface area contributed by atoms with Gasteiger partial charge < -0.3 is 0 Å². The molecule has 0 unspecified atom stereocenters. The van der Waals surface area contributed by atoms with E-state index in [0.29, 0.717) is 6.04 Å². The second kappa shape index (κ2) is 11.0. The molecule has 32 heavy (non-hydrogen) atoms. The number of hydrogen-bond donors (Lipinski definition) is 0. The smallest absolute Gasteiger partial charge is 0.269 e. The Hall–Kier alpha value is -3.02. The van der Waals surface area contributed by atoms with Crippen molar-refractivity contribution >= 4 is 5.69 Å². The molecule has 1 heterocycles. The third-order valence-electron chi connectivity index (χ3n) is 6.39. The van der Waals surface area contributed by atoms with Crippen LogP contribution in [0.4, 0.5) is 5.69 Å². The number of nitrogens with zero attached hydrogens (tertiary/aromatic N) is 3. The molecule has 0 spiro atoms. The molecular weight excluding hydrogens is 398 g/mol. The van der Waals surface area contributed by atoms with Gasteiger partial charge in [0, 0.05) is 37.8 Å². The van der Waals surface area contributed by atoms with Crippen molar-refractivity contribution in [2.75, 3.05) is 19.6 Å². The van der Waals surface area contributed by atoms with Crippen LogP contribution >= 0.6 is 0 Å². The van der Waals surface area contributed by atoms with E-state index in [9.17, 15) is 10.1 Å². The molecule has 1 saturated heterocycles. The molecule has 4 rings (SSSR count). The van der Waals surface area contributed by atoms with Gasteiger partial charge in [-0.15, -0.1) is 0 Å². The number of nitro benzene ring substituents is 1. The van der Waals surface area contributed by atoms with Crippen LogP contribution in [0.5, 0.6) is 0 Å². The molecule has 3 aromatic rings. The van der Waals surface area contributed by atoms with Crippen LogP contribution in [0.25, 0.3) is 0 Å².